The zero-order valence-corrected chi connectivity index (χ0v) is 12.6. The van der Waals surface area contributed by atoms with Crippen molar-refractivity contribution in [1.29, 1.82) is 0 Å². The first kappa shape index (κ1) is 15.6. The summed E-state index contributed by atoms with van der Waals surface area (Å²) < 4.78 is 18.1. The van der Waals surface area contributed by atoms with E-state index in [1.807, 2.05) is 7.05 Å². The molecule has 0 saturated carbocycles. The summed E-state index contributed by atoms with van der Waals surface area (Å²) >= 11 is 0. The summed E-state index contributed by atoms with van der Waals surface area (Å²) in [6, 6.07) is 6.01. The summed E-state index contributed by atoms with van der Waals surface area (Å²) in [5.41, 5.74) is 6.50. The molecule has 0 fully saturated rings. The smallest absolute Gasteiger partial charge is 0.241 e. The molecule has 2 rings (SSSR count). The minimum Gasteiger partial charge on any atom is -0.338 e. The molecule has 0 atom stereocenters. The number of halogens is 1. The summed E-state index contributed by atoms with van der Waals surface area (Å²) in [5, 5.41) is 3.93. The average molecular weight is 292 g/mol. The van der Waals surface area contributed by atoms with Crippen LogP contribution in [0.15, 0.2) is 28.8 Å². The molecule has 0 aliphatic rings. The Kier molecular flexibility index (Phi) is 4.69. The van der Waals surface area contributed by atoms with Crippen LogP contribution >= 0.6 is 0 Å². The fourth-order valence-electron chi connectivity index (χ4n) is 2.12. The van der Waals surface area contributed by atoms with Gasteiger partial charge in [0.2, 0.25) is 11.7 Å². The largest absolute Gasteiger partial charge is 0.338 e. The highest BCUT2D eigenvalue weighted by atomic mass is 19.1. The third kappa shape index (κ3) is 4.34. The summed E-state index contributed by atoms with van der Waals surface area (Å²) in [7, 11) is 1.99. The SMILES string of the molecule is CN(Cc1nc(-c2ccc(F)cc2)no1)CC(C)(C)CN. The Bertz CT molecular complexity index is 580. The van der Waals surface area contributed by atoms with E-state index in [1.54, 1.807) is 12.1 Å². The van der Waals surface area contributed by atoms with Crippen LogP contribution in [0.4, 0.5) is 4.39 Å². The van der Waals surface area contributed by atoms with E-state index in [0.29, 0.717) is 24.8 Å². The second-order valence-electron chi connectivity index (χ2n) is 6.06. The molecule has 0 unspecified atom stereocenters. The lowest BCUT2D eigenvalue weighted by atomic mass is 9.93. The van der Waals surface area contributed by atoms with Crippen LogP contribution in [0.5, 0.6) is 0 Å². The summed E-state index contributed by atoms with van der Waals surface area (Å²) in [6.07, 6.45) is 0. The predicted molar refractivity (Wildman–Crippen MR) is 78.9 cm³/mol. The van der Waals surface area contributed by atoms with E-state index in [4.69, 9.17) is 10.3 Å². The van der Waals surface area contributed by atoms with Gasteiger partial charge in [-0.3, -0.25) is 4.90 Å². The molecule has 6 heteroatoms. The maximum Gasteiger partial charge on any atom is 0.241 e. The Balaban J connectivity index is 2.01. The van der Waals surface area contributed by atoms with Gasteiger partial charge in [-0.1, -0.05) is 19.0 Å². The average Bonchev–Trinajstić information content (AvgIpc) is 2.87. The second-order valence-corrected chi connectivity index (χ2v) is 6.06. The number of rotatable bonds is 6. The van der Waals surface area contributed by atoms with Crippen LogP contribution < -0.4 is 5.73 Å². The van der Waals surface area contributed by atoms with Crippen LogP contribution in [0.2, 0.25) is 0 Å². The number of hydrogen-bond donors (Lipinski definition) is 1. The fraction of sp³-hybridized carbons (Fsp3) is 0.467. The minimum absolute atomic E-state index is 0.0363. The highest BCUT2D eigenvalue weighted by Gasteiger charge is 2.19. The Hall–Kier alpha value is -1.79. The molecule has 0 radical (unpaired) electrons. The third-order valence-corrected chi connectivity index (χ3v) is 3.23. The number of nitrogens with two attached hydrogens (primary N) is 1. The standard InChI is InChI=1S/C15H21FN4O/c1-15(2,9-17)10-20(3)8-13-18-14(19-21-13)11-4-6-12(16)7-5-11/h4-7H,8-10,17H2,1-3H3. The molecule has 2 N–H and O–H groups in total. The minimum atomic E-state index is -0.286. The highest BCUT2D eigenvalue weighted by Crippen LogP contribution is 2.18. The van der Waals surface area contributed by atoms with Gasteiger partial charge in [0.05, 0.1) is 6.54 Å². The molecule has 0 aliphatic heterocycles. The van der Waals surface area contributed by atoms with Crippen molar-refractivity contribution in [2.75, 3.05) is 20.1 Å². The molecule has 1 aromatic carbocycles. The molecule has 0 bridgehead atoms. The molecular formula is C15H21FN4O. The molecule has 2 aromatic rings. The van der Waals surface area contributed by atoms with Crippen molar-refractivity contribution < 1.29 is 8.91 Å². The van der Waals surface area contributed by atoms with E-state index in [2.05, 4.69) is 28.9 Å². The molecule has 5 nitrogen and oxygen atoms in total. The van der Waals surface area contributed by atoms with Crippen LogP contribution in [0, 0.1) is 11.2 Å². The number of benzene rings is 1. The number of aromatic nitrogens is 2. The fourth-order valence-corrected chi connectivity index (χ4v) is 2.12. The van der Waals surface area contributed by atoms with Crippen molar-refractivity contribution in [2.45, 2.75) is 20.4 Å². The lowest BCUT2D eigenvalue weighted by molar-refractivity contribution is 0.189. The van der Waals surface area contributed by atoms with Crippen molar-refractivity contribution >= 4 is 0 Å². The van der Waals surface area contributed by atoms with Crippen LogP contribution in [0.1, 0.15) is 19.7 Å². The van der Waals surface area contributed by atoms with E-state index in [0.717, 1.165) is 12.1 Å². The summed E-state index contributed by atoms with van der Waals surface area (Å²) in [4.78, 5) is 6.42. The van der Waals surface area contributed by atoms with E-state index in [1.165, 1.54) is 12.1 Å². The van der Waals surface area contributed by atoms with Gasteiger partial charge in [-0.2, -0.15) is 4.98 Å². The molecular weight excluding hydrogens is 271 g/mol. The molecule has 0 saturated heterocycles. The first-order valence-electron chi connectivity index (χ1n) is 6.87. The van der Waals surface area contributed by atoms with E-state index in [9.17, 15) is 4.39 Å². The van der Waals surface area contributed by atoms with Gasteiger partial charge in [0, 0.05) is 12.1 Å². The molecule has 114 valence electrons. The molecule has 0 aliphatic carbocycles. The number of nitrogens with zero attached hydrogens (tertiary/aromatic N) is 3. The zero-order chi connectivity index (χ0) is 15.5. The first-order chi connectivity index (χ1) is 9.89. The monoisotopic (exact) mass is 292 g/mol. The molecule has 0 amide bonds. The van der Waals surface area contributed by atoms with Gasteiger partial charge in [-0.25, -0.2) is 4.39 Å². The topological polar surface area (TPSA) is 68.2 Å². The van der Waals surface area contributed by atoms with Crippen LogP contribution in [0.25, 0.3) is 11.4 Å². The van der Waals surface area contributed by atoms with Crippen molar-refractivity contribution in [3.63, 3.8) is 0 Å². The summed E-state index contributed by atoms with van der Waals surface area (Å²) in [5.74, 6) is 0.715. The van der Waals surface area contributed by atoms with Gasteiger partial charge >= 0.3 is 0 Å². The first-order valence-corrected chi connectivity index (χ1v) is 6.87. The third-order valence-electron chi connectivity index (χ3n) is 3.23. The molecule has 1 aromatic heterocycles. The normalized spacial score (nSPS) is 12.1. The second kappa shape index (κ2) is 6.32. The lowest BCUT2D eigenvalue weighted by Gasteiger charge is -2.27. The van der Waals surface area contributed by atoms with Crippen LogP contribution in [-0.4, -0.2) is 35.2 Å². The van der Waals surface area contributed by atoms with Gasteiger partial charge in [0.25, 0.3) is 0 Å². The molecule has 1 heterocycles. The number of hydrogen-bond acceptors (Lipinski definition) is 5. The van der Waals surface area contributed by atoms with Crippen molar-refractivity contribution in [3.8, 4) is 11.4 Å². The Morgan fingerprint density at radius 2 is 1.95 bits per heavy atom. The van der Waals surface area contributed by atoms with Crippen molar-refractivity contribution in [1.82, 2.24) is 15.0 Å². The lowest BCUT2D eigenvalue weighted by Crippen LogP contribution is -2.36. The van der Waals surface area contributed by atoms with Gasteiger partial charge in [-0.15, -0.1) is 0 Å². The Morgan fingerprint density at radius 1 is 1.29 bits per heavy atom. The maximum atomic E-state index is 12.9. The quantitative estimate of drug-likeness (QED) is 0.884. The van der Waals surface area contributed by atoms with Crippen molar-refractivity contribution in [3.05, 3.63) is 36.0 Å². The van der Waals surface area contributed by atoms with E-state index in [-0.39, 0.29) is 11.2 Å². The summed E-state index contributed by atoms with van der Waals surface area (Å²) in [6.45, 7) is 6.22. The van der Waals surface area contributed by atoms with Gasteiger partial charge in [-0.05, 0) is 43.3 Å². The Morgan fingerprint density at radius 3 is 2.57 bits per heavy atom. The van der Waals surface area contributed by atoms with Crippen LogP contribution in [-0.2, 0) is 6.54 Å². The van der Waals surface area contributed by atoms with E-state index >= 15 is 0 Å². The van der Waals surface area contributed by atoms with Crippen molar-refractivity contribution in [2.24, 2.45) is 11.1 Å². The predicted octanol–water partition coefficient (Wildman–Crippen LogP) is 2.29. The van der Waals surface area contributed by atoms with Gasteiger partial charge < -0.3 is 10.3 Å². The molecule has 21 heavy (non-hydrogen) atoms. The Labute approximate surface area is 123 Å². The van der Waals surface area contributed by atoms with Gasteiger partial charge in [0.15, 0.2) is 0 Å². The zero-order valence-electron chi connectivity index (χ0n) is 12.6. The highest BCUT2D eigenvalue weighted by molar-refractivity contribution is 5.53. The maximum absolute atomic E-state index is 12.9. The van der Waals surface area contributed by atoms with Gasteiger partial charge in [0.1, 0.15) is 5.82 Å². The van der Waals surface area contributed by atoms with E-state index < -0.39 is 0 Å². The van der Waals surface area contributed by atoms with Crippen LogP contribution in [0.3, 0.4) is 0 Å². The molecule has 0 spiro atoms.